The lowest BCUT2D eigenvalue weighted by molar-refractivity contribution is 0.199. The van der Waals surface area contributed by atoms with E-state index in [0.717, 1.165) is 57.7 Å². The summed E-state index contributed by atoms with van der Waals surface area (Å²) in [5.74, 6) is 0.957. The quantitative estimate of drug-likeness (QED) is 0.696. The second-order valence-corrected chi connectivity index (χ2v) is 4.63. The summed E-state index contributed by atoms with van der Waals surface area (Å²) in [4.78, 5) is 12.0. The smallest absolute Gasteiger partial charge is 0.345 e. The van der Waals surface area contributed by atoms with Crippen molar-refractivity contribution in [3.63, 3.8) is 0 Å². The maximum Gasteiger partial charge on any atom is 0.345 e. The number of ether oxygens (including phenoxy) is 1. The van der Waals surface area contributed by atoms with E-state index in [0.29, 0.717) is 6.54 Å². The molecule has 1 aromatic heterocycles. The van der Waals surface area contributed by atoms with Crippen LogP contribution in [0.4, 0.5) is 0 Å². The molecule has 0 saturated heterocycles. The summed E-state index contributed by atoms with van der Waals surface area (Å²) in [6.07, 6.45) is 4.10. The van der Waals surface area contributed by atoms with E-state index >= 15 is 0 Å². The van der Waals surface area contributed by atoms with Crippen LogP contribution in [-0.2, 0) is 24.2 Å². The molecule has 1 aromatic rings. The van der Waals surface area contributed by atoms with Crippen molar-refractivity contribution >= 4 is 0 Å². The molecule has 2 rings (SSSR count). The van der Waals surface area contributed by atoms with Crippen LogP contribution in [0.5, 0.6) is 0 Å². The lowest BCUT2D eigenvalue weighted by Gasteiger charge is -2.09. The second-order valence-electron chi connectivity index (χ2n) is 4.63. The van der Waals surface area contributed by atoms with Gasteiger partial charge in [0.05, 0.1) is 6.61 Å². The highest BCUT2D eigenvalue weighted by Gasteiger charge is 2.15. The first-order chi connectivity index (χ1) is 8.83. The molecule has 0 bridgehead atoms. The van der Waals surface area contributed by atoms with Gasteiger partial charge in [0.1, 0.15) is 5.82 Å². The summed E-state index contributed by atoms with van der Waals surface area (Å²) < 4.78 is 8.38. The summed E-state index contributed by atoms with van der Waals surface area (Å²) in [6.45, 7) is 3.99. The molecule has 0 saturated carbocycles. The molecule has 102 valence electrons. The van der Waals surface area contributed by atoms with Gasteiger partial charge in [-0.2, -0.15) is 5.10 Å². The van der Waals surface area contributed by atoms with Crippen molar-refractivity contribution < 1.29 is 4.74 Å². The first-order valence-electron chi connectivity index (χ1n) is 6.69. The molecule has 0 unspecified atom stereocenters. The van der Waals surface area contributed by atoms with Crippen molar-refractivity contribution in [1.82, 2.24) is 19.7 Å². The van der Waals surface area contributed by atoms with Crippen molar-refractivity contribution in [3.05, 3.63) is 16.3 Å². The van der Waals surface area contributed by atoms with E-state index in [1.165, 1.54) is 0 Å². The minimum absolute atomic E-state index is 0.0570. The van der Waals surface area contributed by atoms with Crippen LogP contribution >= 0.6 is 0 Å². The van der Waals surface area contributed by atoms with Crippen LogP contribution in [-0.4, -0.2) is 41.2 Å². The highest BCUT2D eigenvalue weighted by Crippen LogP contribution is 2.09. The van der Waals surface area contributed by atoms with Gasteiger partial charge in [0, 0.05) is 33.2 Å². The number of aromatic nitrogens is 3. The van der Waals surface area contributed by atoms with Gasteiger partial charge in [-0.1, -0.05) is 0 Å². The fraction of sp³-hybridized carbons (Fsp3) is 0.833. The molecule has 2 heterocycles. The molecule has 0 radical (unpaired) electrons. The molecule has 6 heteroatoms. The Labute approximate surface area is 107 Å². The van der Waals surface area contributed by atoms with Gasteiger partial charge in [-0.3, -0.25) is 4.57 Å². The van der Waals surface area contributed by atoms with E-state index in [2.05, 4.69) is 10.4 Å². The van der Waals surface area contributed by atoms with E-state index in [9.17, 15) is 4.79 Å². The lowest BCUT2D eigenvalue weighted by atomic mass is 10.2. The lowest BCUT2D eigenvalue weighted by Crippen LogP contribution is -2.28. The Morgan fingerprint density at radius 2 is 2.28 bits per heavy atom. The van der Waals surface area contributed by atoms with E-state index in [1.54, 1.807) is 11.8 Å². The van der Waals surface area contributed by atoms with Crippen LogP contribution in [0.15, 0.2) is 4.79 Å². The third kappa shape index (κ3) is 3.20. The zero-order valence-electron chi connectivity index (χ0n) is 11.0. The van der Waals surface area contributed by atoms with Gasteiger partial charge in [-0.05, 0) is 25.8 Å². The molecular weight excluding hydrogens is 232 g/mol. The Balaban J connectivity index is 1.79. The number of rotatable bonds is 7. The molecule has 1 N–H and O–H groups in total. The number of methoxy groups -OCH3 is 1. The van der Waals surface area contributed by atoms with Gasteiger partial charge in [-0.15, -0.1) is 0 Å². The van der Waals surface area contributed by atoms with E-state index < -0.39 is 0 Å². The number of fused-ring (bicyclic) bond motifs is 1. The van der Waals surface area contributed by atoms with Gasteiger partial charge in [-0.25, -0.2) is 9.48 Å². The maximum atomic E-state index is 12.0. The number of aryl methyl sites for hydroxylation is 2. The molecule has 1 aliphatic heterocycles. The van der Waals surface area contributed by atoms with Gasteiger partial charge >= 0.3 is 5.69 Å². The predicted octanol–water partition coefficient (Wildman–Crippen LogP) is 0.00720. The van der Waals surface area contributed by atoms with Crippen molar-refractivity contribution in [2.24, 2.45) is 0 Å². The Kier molecular flexibility index (Phi) is 4.95. The minimum Gasteiger partial charge on any atom is -0.383 e. The van der Waals surface area contributed by atoms with Crippen LogP contribution in [0.25, 0.3) is 0 Å². The summed E-state index contributed by atoms with van der Waals surface area (Å²) >= 11 is 0. The van der Waals surface area contributed by atoms with Crippen LogP contribution < -0.4 is 11.0 Å². The largest absolute Gasteiger partial charge is 0.383 e. The summed E-state index contributed by atoms with van der Waals surface area (Å²) in [7, 11) is 1.69. The molecule has 0 spiro atoms. The van der Waals surface area contributed by atoms with Crippen molar-refractivity contribution in [2.75, 3.05) is 26.8 Å². The Hall–Kier alpha value is -1.14. The normalized spacial score (nSPS) is 14.7. The fourth-order valence-electron chi connectivity index (χ4n) is 2.25. The van der Waals surface area contributed by atoms with Crippen LogP contribution in [0.3, 0.4) is 0 Å². The maximum absolute atomic E-state index is 12.0. The molecule has 6 nitrogen and oxygen atoms in total. The summed E-state index contributed by atoms with van der Waals surface area (Å²) in [6, 6.07) is 0. The SMILES string of the molecule is COCCNCCCn1nc2n(c1=O)CCCC2. The molecule has 1 aliphatic rings. The average Bonchev–Trinajstić information content (AvgIpc) is 2.71. The second kappa shape index (κ2) is 6.70. The van der Waals surface area contributed by atoms with Crippen LogP contribution in [0.2, 0.25) is 0 Å². The van der Waals surface area contributed by atoms with E-state index in [-0.39, 0.29) is 5.69 Å². The minimum atomic E-state index is 0.0570. The summed E-state index contributed by atoms with van der Waals surface area (Å²) in [5.41, 5.74) is 0.0570. The van der Waals surface area contributed by atoms with Crippen molar-refractivity contribution in [1.29, 1.82) is 0 Å². The fourth-order valence-corrected chi connectivity index (χ4v) is 2.25. The third-order valence-electron chi connectivity index (χ3n) is 3.24. The zero-order chi connectivity index (χ0) is 12.8. The predicted molar refractivity (Wildman–Crippen MR) is 68.8 cm³/mol. The standard InChI is InChI=1S/C12H22N4O2/c1-18-10-7-13-6-4-9-16-12(17)15-8-3-2-5-11(15)14-16/h13H,2-10H2,1H3. The van der Waals surface area contributed by atoms with E-state index in [4.69, 9.17) is 4.74 Å². The first-order valence-corrected chi connectivity index (χ1v) is 6.69. The van der Waals surface area contributed by atoms with Gasteiger partial charge in [0.25, 0.3) is 0 Å². The molecule has 18 heavy (non-hydrogen) atoms. The Morgan fingerprint density at radius 3 is 3.06 bits per heavy atom. The number of hydrogen-bond acceptors (Lipinski definition) is 4. The topological polar surface area (TPSA) is 61.1 Å². The first kappa shape index (κ1) is 13.3. The molecule has 0 aromatic carbocycles. The van der Waals surface area contributed by atoms with Crippen molar-refractivity contribution in [2.45, 2.75) is 38.8 Å². The molecule has 0 aliphatic carbocycles. The Morgan fingerprint density at radius 1 is 1.39 bits per heavy atom. The highest BCUT2D eigenvalue weighted by atomic mass is 16.5. The molecule has 0 amide bonds. The monoisotopic (exact) mass is 254 g/mol. The average molecular weight is 254 g/mol. The van der Waals surface area contributed by atoms with E-state index in [1.807, 2.05) is 4.57 Å². The highest BCUT2D eigenvalue weighted by molar-refractivity contribution is 4.91. The van der Waals surface area contributed by atoms with Crippen LogP contribution in [0, 0.1) is 0 Å². The van der Waals surface area contributed by atoms with Crippen molar-refractivity contribution in [3.8, 4) is 0 Å². The third-order valence-corrected chi connectivity index (χ3v) is 3.24. The molecule has 0 fully saturated rings. The Bertz CT molecular complexity index is 424. The number of nitrogens with one attached hydrogen (secondary N) is 1. The zero-order valence-corrected chi connectivity index (χ0v) is 11.0. The van der Waals surface area contributed by atoms with Gasteiger partial charge < -0.3 is 10.1 Å². The number of hydrogen-bond donors (Lipinski definition) is 1. The van der Waals surface area contributed by atoms with Gasteiger partial charge in [0.15, 0.2) is 0 Å². The van der Waals surface area contributed by atoms with Crippen LogP contribution in [0.1, 0.15) is 25.1 Å². The molecule has 0 atom stereocenters. The van der Waals surface area contributed by atoms with Gasteiger partial charge in [0.2, 0.25) is 0 Å². The summed E-state index contributed by atoms with van der Waals surface area (Å²) in [5, 5.41) is 7.66. The number of nitrogens with zero attached hydrogens (tertiary/aromatic N) is 3. The molecular formula is C12H22N4O2.